The maximum absolute atomic E-state index is 12.7. The van der Waals surface area contributed by atoms with E-state index in [1.54, 1.807) is 43.6 Å². The maximum Gasteiger partial charge on any atom is 0.242 e. The fraction of sp³-hybridized carbons (Fsp3) is 0.222. The van der Waals surface area contributed by atoms with E-state index in [1.165, 1.54) is 28.0 Å². The Kier molecular flexibility index (Phi) is 6.25. The molecular weight excluding hydrogens is 384 g/mol. The van der Waals surface area contributed by atoms with E-state index in [0.717, 1.165) is 0 Å². The number of amides is 2. The second-order valence-electron chi connectivity index (χ2n) is 5.53. The summed E-state index contributed by atoms with van der Waals surface area (Å²) < 4.78 is 5.09. The van der Waals surface area contributed by atoms with E-state index in [9.17, 15) is 9.59 Å². The van der Waals surface area contributed by atoms with Crippen molar-refractivity contribution in [2.24, 2.45) is 4.99 Å². The summed E-state index contributed by atoms with van der Waals surface area (Å²) in [6, 6.07) is 7.02. The molecule has 140 valence electrons. The number of aliphatic imine (C=N–C) groups is 1. The molecule has 0 aliphatic carbocycles. The van der Waals surface area contributed by atoms with Crippen LogP contribution >= 0.6 is 23.1 Å². The van der Waals surface area contributed by atoms with Crippen LogP contribution in [-0.4, -0.2) is 45.8 Å². The van der Waals surface area contributed by atoms with Gasteiger partial charge >= 0.3 is 0 Å². The van der Waals surface area contributed by atoms with Gasteiger partial charge in [0.15, 0.2) is 5.17 Å². The first-order valence-corrected chi connectivity index (χ1v) is 9.87. The molecule has 3 rings (SSSR count). The number of ether oxygens (including phenoxy) is 1. The number of carbonyl (C=O) groups is 2. The minimum Gasteiger partial charge on any atom is -0.497 e. The van der Waals surface area contributed by atoms with E-state index in [2.05, 4.69) is 21.9 Å². The van der Waals surface area contributed by atoms with Crippen LogP contribution in [0, 0.1) is 0 Å². The van der Waals surface area contributed by atoms with Crippen LogP contribution in [0.5, 0.6) is 5.75 Å². The third-order valence-corrected chi connectivity index (χ3v) is 5.53. The van der Waals surface area contributed by atoms with Gasteiger partial charge in [0.25, 0.3) is 0 Å². The first-order valence-electron chi connectivity index (χ1n) is 8.11. The fourth-order valence-electron chi connectivity index (χ4n) is 2.43. The number of anilines is 1. The van der Waals surface area contributed by atoms with Gasteiger partial charge in [-0.25, -0.2) is 4.98 Å². The molecule has 1 aliphatic heterocycles. The summed E-state index contributed by atoms with van der Waals surface area (Å²) in [6.07, 6.45) is 3.35. The molecule has 1 saturated heterocycles. The van der Waals surface area contributed by atoms with E-state index < -0.39 is 5.25 Å². The highest BCUT2D eigenvalue weighted by Gasteiger charge is 2.38. The third kappa shape index (κ3) is 4.75. The molecular formula is C18H18N4O3S2. The van der Waals surface area contributed by atoms with Crippen molar-refractivity contribution in [1.82, 2.24) is 9.88 Å². The van der Waals surface area contributed by atoms with Crippen molar-refractivity contribution in [2.45, 2.75) is 11.7 Å². The topological polar surface area (TPSA) is 83.9 Å². The monoisotopic (exact) mass is 402 g/mol. The Labute approximate surface area is 165 Å². The number of hydrogen-bond donors (Lipinski definition) is 1. The number of methoxy groups -OCH3 is 1. The van der Waals surface area contributed by atoms with E-state index in [4.69, 9.17) is 4.74 Å². The summed E-state index contributed by atoms with van der Waals surface area (Å²) in [4.78, 5) is 35.1. The number of nitrogens with one attached hydrogen (secondary N) is 1. The Hall–Kier alpha value is -2.65. The van der Waals surface area contributed by atoms with E-state index >= 15 is 0 Å². The lowest BCUT2D eigenvalue weighted by atomic mass is 10.2. The van der Waals surface area contributed by atoms with Gasteiger partial charge in [0, 0.05) is 30.2 Å². The first-order chi connectivity index (χ1) is 13.1. The van der Waals surface area contributed by atoms with Gasteiger partial charge in [-0.1, -0.05) is 17.8 Å². The van der Waals surface area contributed by atoms with Crippen molar-refractivity contribution in [3.8, 4) is 5.75 Å². The number of hydrogen-bond acceptors (Lipinski definition) is 7. The summed E-state index contributed by atoms with van der Waals surface area (Å²) in [5.41, 5.74) is 0.649. The number of carbonyl (C=O) groups excluding carboxylic acids is 2. The number of amidine groups is 1. The van der Waals surface area contributed by atoms with Crippen LogP contribution < -0.4 is 10.1 Å². The van der Waals surface area contributed by atoms with Crippen molar-refractivity contribution in [3.63, 3.8) is 0 Å². The highest BCUT2D eigenvalue weighted by atomic mass is 32.2. The molecule has 1 unspecified atom stereocenters. The van der Waals surface area contributed by atoms with Gasteiger partial charge in [-0.3, -0.25) is 14.5 Å². The van der Waals surface area contributed by atoms with Crippen molar-refractivity contribution in [3.05, 3.63) is 48.5 Å². The smallest absolute Gasteiger partial charge is 0.242 e. The summed E-state index contributed by atoms with van der Waals surface area (Å²) in [7, 11) is 1.58. The van der Waals surface area contributed by atoms with E-state index in [0.29, 0.717) is 28.3 Å². The molecule has 1 aromatic carbocycles. The fourth-order valence-corrected chi connectivity index (χ4v) is 4.14. The van der Waals surface area contributed by atoms with Crippen molar-refractivity contribution in [1.29, 1.82) is 0 Å². The molecule has 2 aromatic rings. The number of aromatic nitrogens is 1. The van der Waals surface area contributed by atoms with Crippen LogP contribution in [0.4, 0.5) is 10.8 Å². The molecule has 1 aliphatic rings. The average molecular weight is 403 g/mol. The number of nitrogens with zero attached hydrogens (tertiary/aromatic N) is 3. The van der Waals surface area contributed by atoms with Crippen molar-refractivity contribution in [2.75, 3.05) is 19.0 Å². The Morgan fingerprint density at radius 2 is 2.22 bits per heavy atom. The minimum atomic E-state index is -0.526. The second kappa shape index (κ2) is 8.83. The predicted octanol–water partition coefficient (Wildman–Crippen LogP) is 3.30. The number of benzene rings is 1. The molecule has 2 amide bonds. The summed E-state index contributed by atoms with van der Waals surface area (Å²) in [5, 5.41) is 5.20. The lowest BCUT2D eigenvalue weighted by molar-refractivity contribution is -0.127. The molecule has 27 heavy (non-hydrogen) atoms. The SMILES string of the molecule is C=CCN1C(=O)C(CC(=O)Nc2ccc(OC)cc2)S/C1=N/c1nccs1. The molecule has 0 bridgehead atoms. The summed E-state index contributed by atoms with van der Waals surface area (Å²) >= 11 is 2.66. The first kappa shape index (κ1) is 19.1. The maximum atomic E-state index is 12.7. The number of rotatable bonds is 7. The lowest BCUT2D eigenvalue weighted by Gasteiger charge is -2.13. The zero-order valence-electron chi connectivity index (χ0n) is 14.6. The molecule has 0 saturated carbocycles. The molecule has 0 radical (unpaired) electrons. The van der Waals surface area contributed by atoms with Crippen LogP contribution in [0.1, 0.15) is 6.42 Å². The molecule has 2 heterocycles. The van der Waals surface area contributed by atoms with Crippen LogP contribution in [0.25, 0.3) is 0 Å². The molecule has 7 nitrogen and oxygen atoms in total. The summed E-state index contributed by atoms with van der Waals surface area (Å²) in [6.45, 7) is 4.03. The van der Waals surface area contributed by atoms with Gasteiger partial charge < -0.3 is 10.1 Å². The van der Waals surface area contributed by atoms with Crippen LogP contribution in [-0.2, 0) is 9.59 Å². The Morgan fingerprint density at radius 1 is 1.44 bits per heavy atom. The Balaban J connectivity index is 1.67. The second-order valence-corrected chi connectivity index (χ2v) is 7.58. The standard InChI is InChI=1S/C18H18N4O3S2/c1-3-9-22-16(24)14(27-18(22)21-17-19-8-10-26-17)11-15(23)20-12-4-6-13(25-2)7-5-12/h3-8,10,14H,1,9,11H2,2H3,(H,20,23)/b21-18+. The van der Waals surface area contributed by atoms with E-state index in [1.807, 2.05) is 5.38 Å². The molecule has 0 spiro atoms. The van der Waals surface area contributed by atoms with E-state index in [-0.39, 0.29) is 18.2 Å². The Morgan fingerprint density at radius 3 is 2.85 bits per heavy atom. The number of thioether (sulfide) groups is 1. The van der Waals surface area contributed by atoms with Crippen LogP contribution in [0.15, 0.2) is 53.5 Å². The van der Waals surface area contributed by atoms with Gasteiger partial charge in [0.2, 0.25) is 16.9 Å². The molecule has 1 N–H and O–H groups in total. The lowest BCUT2D eigenvalue weighted by Crippen LogP contribution is -2.33. The number of thiazole rings is 1. The zero-order valence-corrected chi connectivity index (χ0v) is 16.3. The molecule has 1 aromatic heterocycles. The van der Waals surface area contributed by atoms with Crippen molar-refractivity contribution < 1.29 is 14.3 Å². The minimum absolute atomic E-state index is 0.0556. The zero-order chi connectivity index (χ0) is 19.2. The van der Waals surface area contributed by atoms with Gasteiger partial charge in [-0.2, -0.15) is 4.99 Å². The third-order valence-electron chi connectivity index (χ3n) is 3.69. The average Bonchev–Trinajstić information content (AvgIpc) is 3.27. The predicted molar refractivity (Wildman–Crippen MR) is 109 cm³/mol. The van der Waals surface area contributed by atoms with Gasteiger partial charge in [-0.05, 0) is 24.3 Å². The Bertz CT molecular complexity index is 850. The summed E-state index contributed by atoms with van der Waals surface area (Å²) in [5.74, 6) is 0.317. The quantitative estimate of drug-likeness (QED) is 0.719. The van der Waals surface area contributed by atoms with Crippen LogP contribution in [0.2, 0.25) is 0 Å². The van der Waals surface area contributed by atoms with Crippen molar-refractivity contribution >= 4 is 50.9 Å². The molecule has 1 fully saturated rings. The van der Waals surface area contributed by atoms with Crippen LogP contribution in [0.3, 0.4) is 0 Å². The van der Waals surface area contributed by atoms with Gasteiger partial charge in [0.1, 0.15) is 11.0 Å². The largest absolute Gasteiger partial charge is 0.497 e. The molecule has 9 heteroatoms. The normalized spacial score (nSPS) is 18.0. The highest BCUT2D eigenvalue weighted by Crippen LogP contribution is 2.32. The van der Waals surface area contributed by atoms with Gasteiger partial charge in [0.05, 0.1) is 7.11 Å². The highest BCUT2D eigenvalue weighted by molar-refractivity contribution is 8.15. The molecule has 1 atom stereocenters. The van der Waals surface area contributed by atoms with Gasteiger partial charge in [-0.15, -0.1) is 17.9 Å².